The number of piperidine rings is 1. The Labute approximate surface area is 118 Å². The molecule has 0 unspecified atom stereocenters. The van der Waals surface area contributed by atoms with Gasteiger partial charge in [-0.05, 0) is 55.6 Å². The number of hydrogen-bond acceptors (Lipinski definition) is 3. The van der Waals surface area contributed by atoms with E-state index in [-0.39, 0.29) is 10.9 Å². The first-order valence-corrected chi connectivity index (χ1v) is 8.06. The molecule has 0 radical (unpaired) electrons. The van der Waals surface area contributed by atoms with Crippen LogP contribution in [-0.4, -0.2) is 30.6 Å². The fourth-order valence-electron chi connectivity index (χ4n) is 2.32. The lowest BCUT2D eigenvalue weighted by Crippen LogP contribution is -2.41. The van der Waals surface area contributed by atoms with E-state index in [1.54, 1.807) is 0 Å². The van der Waals surface area contributed by atoms with E-state index in [1.165, 1.54) is 28.6 Å². The van der Waals surface area contributed by atoms with Gasteiger partial charge >= 0.3 is 0 Å². The van der Waals surface area contributed by atoms with Crippen molar-refractivity contribution in [2.24, 2.45) is 0 Å². The van der Waals surface area contributed by atoms with Crippen molar-refractivity contribution in [3.63, 3.8) is 0 Å². The maximum atomic E-state index is 12.5. The Morgan fingerprint density at radius 2 is 1.89 bits per heavy atom. The number of rotatable bonds is 3. The predicted molar refractivity (Wildman–Crippen MR) is 73.8 cm³/mol. The lowest BCUT2D eigenvalue weighted by Gasteiger charge is -2.32. The van der Waals surface area contributed by atoms with Crippen LogP contribution in [-0.2, 0) is 10.0 Å². The number of carbonyl (C=O) groups is 1. The highest BCUT2D eigenvalue weighted by molar-refractivity contribution is 7.89. The molecule has 0 spiro atoms. The average molecular weight is 302 g/mol. The minimum atomic E-state index is -3.47. The summed E-state index contributed by atoms with van der Waals surface area (Å²) in [5.41, 5.74) is 0.298. The summed E-state index contributed by atoms with van der Waals surface area (Å²) >= 11 is 5.34. The highest BCUT2D eigenvalue weighted by atomic mass is 35.5. The molecule has 1 atom stereocenters. The van der Waals surface area contributed by atoms with Gasteiger partial charge in [-0.1, -0.05) is 6.42 Å². The summed E-state index contributed by atoms with van der Waals surface area (Å²) in [6, 6.07) is 5.78. The zero-order chi connectivity index (χ0) is 14.0. The second kappa shape index (κ2) is 5.61. The van der Waals surface area contributed by atoms with Gasteiger partial charge in [0, 0.05) is 18.2 Å². The first-order valence-electron chi connectivity index (χ1n) is 6.24. The van der Waals surface area contributed by atoms with Crippen molar-refractivity contribution in [2.45, 2.75) is 37.1 Å². The van der Waals surface area contributed by atoms with Crippen LogP contribution in [0, 0.1) is 0 Å². The van der Waals surface area contributed by atoms with E-state index in [0.29, 0.717) is 12.1 Å². The van der Waals surface area contributed by atoms with Gasteiger partial charge < -0.3 is 0 Å². The molecule has 0 aliphatic carbocycles. The summed E-state index contributed by atoms with van der Waals surface area (Å²) in [6.07, 6.45) is 2.84. The summed E-state index contributed by atoms with van der Waals surface area (Å²) in [5.74, 6) is 0. The zero-order valence-electron chi connectivity index (χ0n) is 10.7. The molecule has 1 aromatic carbocycles. The van der Waals surface area contributed by atoms with Crippen LogP contribution in [0.2, 0.25) is 0 Å². The van der Waals surface area contributed by atoms with Crippen molar-refractivity contribution >= 4 is 26.9 Å². The number of nitrogens with zero attached hydrogens (tertiary/aromatic N) is 1. The minimum absolute atomic E-state index is 0.0214. The normalized spacial score (nSPS) is 21.3. The van der Waals surface area contributed by atoms with Gasteiger partial charge in [-0.25, -0.2) is 8.42 Å². The fraction of sp³-hybridized carbons (Fsp3) is 0.462. The van der Waals surface area contributed by atoms with Crippen molar-refractivity contribution in [3.8, 4) is 0 Å². The number of hydrogen-bond donors (Lipinski definition) is 0. The summed E-state index contributed by atoms with van der Waals surface area (Å²) < 4.78 is 26.5. The molecule has 1 aromatic rings. The van der Waals surface area contributed by atoms with Gasteiger partial charge in [-0.2, -0.15) is 4.31 Å². The molecular formula is C13H16ClNO3S. The zero-order valence-corrected chi connectivity index (χ0v) is 12.2. The molecule has 19 heavy (non-hydrogen) atoms. The van der Waals surface area contributed by atoms with Crippen LogP contribution < -0.4 is 0 Å². The highest BCUT2D eigenvalue weighted by Crippen LogP contribution is 2.25. The molecule has 0 bridgehead atoms. The topological polar surface area (TPSA) is 54.5 Å². The van der Waals surface area contributed by atoms with Crippen molar-refractivity contribution in [3.05, 3.63) is 29.8 Å². The van der Waals surface area contributed by atoms with Crippen molar-refractivity contribution in [1.29, 1.82) is 0 Å². The lowest BCUT2D eigenvalue weighted by molar-refractivity contribution is 0.108. The lowest BCUT2D eigenvalue weighted by atomic mass is 10.1. The molecule has 0 N–H and O–H groups in total. The molecule has 104 valence electrons. The minimum Gasteiger partial charge on any atom is -0.276 e. The van der Waals surface area contributed by atoms with E-state index >= 15 is 0 Å². The van der Waals surface area contributed by atoms with Gasteiger partial charge in [-0.3, -0.25) is 4.79 Å². The molecule has 0 aromatic heterocycles. The van der Waals surface area contributed by atoms with Crippen molar-refractivity contribution in [1.82, 2.24) is 4.31 Å². The molecule has 1 aliphatic rings. The first kappa shape index (κ1) is 14.5. The largest absolute Gasteiger partial charge is 0.276 e. The average Bonchev–Trinajstić information content (AvgIpc) is 2.39. The van der Waals surface area contributed by atoms with Gasteiger partial charge in [0.05, 0.1) is 4.90 Å². The molecule has 2 rings (SSSR count). The maximum Gasteiger partial charge on any atom is 0.252 e. The third-order valence-corrected chi connectivity index (χ3v) is 5.68. The second-order valence-corrected chi connectivity index (χ2v) is 6.99. The van der Waals surface area contributed by atoms with Crippen LogP contribution in [0.25, 0.3) is 0 Å². The van der Waals surface area contributed by atoms with E-state index in [1.807, 2.05) is 6.92 Å². The molecule has 1 aliphatic heterocycles. The van der Waals surface area contributed by atoms with Crippen molar-refractivity contribution in [2.75, 3.05) is 6.54 Å². The number of benzene rings is 1. The molecule has 1 heterocycles. The Morgan fingerprint density at radius 1 is 1.26 bits per heavy atom. The fourth-order valence-corrected chi connectivity index (χ4v) is 4.15. The Morgan fingerprint density at radius 3 is 2.42 bits per heavy atom. The van der Waals surface area contributed by atoms with Crippen LogP contribution in [0.1, 0.15) is 36.5 Å². The number of halogens is 1. The quantitative estimate of drug-likeness (QED) is 0.807. The molecular weight excluding hydrogens is 286 g/mol. The van der Waals surface area contributed by atoms with E-state index in [2.05, 4.69) is 0 Å². The van der Waals surface area contributed by atoms with Crippen LogP contribution in [0.15, 0.2) is 29.2 Å². The monoisotopic (exact) mass is 301 g/mol. The highest BCUT2D eigenvalue weighted by Gasteiger charge is 2.30. The van der Waals surface area contributed by atoms with Crippen LogP contribution in [0.4, 0.5) is 0 Å². The third-order valence-electron chi connectivity index (χ3n) is 3.43. The van der Waals surface area contributed by atoms with Gasteiger partial charge in [0.25, 0.3) is 5.24 Å². The van der Waals surface area contributed by atoms with Crippen molar-refractivity contribution < 1.29 is 13.2 Å². The van der Waals surface area contributed by atoms with E-state index in [0.717, 1.165) is 19.3 Å². The maximum absolute atomic E-state index is 12.5. The summed E-state index contributed by atoms with van der Waals surface area (Å²) in [4.78, 5) is 11.2. The number of carbonyl (C=O) groups excluding carboxylic acids is 1. The van der Waals surface area contributed by atoms with Crippen LogP contribution >= 0.6 is 11.6 Å². The van der Waals surface area contributed by atoms with Crippen LogP contribution in [0.5, 0.6) is 0 Å². The standard InChI is InChI=1S/C13H16ClNO3S/c1-10-4-2-3-9-15(10)19(17,18)12-7-5-11(6-8-12)13(14)16/h5-8,10H,2-4,9H2,1H3/t10-/m1/s1. The van der Waals surface area contributed by atoms with Gasteiger partial charge in [0.2, 0.25) is 10.0 Å². The summed E-state index contributed by atoms with van der Waals surface area (Å²) in [6.45, 7) is 2.48. The van der Waals surface area contributed by atoms with Gasteiger partial charge in [0.1, 0.15) is 0 Å². The third kappa shape index (κ3) is 2.99. The smallest absolute Gasteiger partial charge is 0.252 e. The molecule has 0 amide bonds. The van der Waals surface area contributed by atoms with Gasteiger partial charge in [-0.15, -0.1) is 0 Å². The van der Waals surface area contributed by atoms with Gasteiger partial charge in [0.15, 0.2) is 0 Å². The molecule has 1 fully saturated rings. The first-order chi connectivity index (χ1) is 8.93. The Hall–Kier alpha value is -0.910. The summed E-state index contributed by atoms with van der Waals surface area (Å²) in [5, 5.41) is -0.588. The van der Waals surface area contributed by atoms with Crippen LogP contribution in [0.3, 0.4) is 0 Å². The van der Waals surface area contributed by atoms with E-state index < -0.39 is 15.3 Å². The summed E-state index contributed by atoms with van der Waals surface area (Å²) in [7, 11) is -3.47. The second-order valence-electron chi connectivity index (χ2n) is 4.76. The Bertz CT molecular complexity index is 568. The molecule has 1 saturated heterocycles. The number of sulfonamides is 1. The van der Waals surface area contributed by atoms with E-state index in [4.69, 9.17) is 11.6 Å². The molecule has 0 saturated carbocycles. The van der Waals surface area contributed by atoms with E-state index in [9.17, 15) is 13.2 Å². The molecule has 4 nitrogen and oxygen atoms in total. The Kier molecular flexibility index (Phi) is 4.28. The SMILES string of the molecule is C[C@@H]1CCCCN1S(=O)(=O)c1ccc(C(=O)Cl)cc1. The predicted octanol–water partition coefficient (Wildman–Crippen LogP) is 2.63. The Balaban J connectivity index is 2.30. The molecule has 6 heteroatoms.